The Morgan fingerprint density at radius 2 is 2.03 bits per heavy atom. The molecule has 30 heavy (non-hydrogen) atoms. The number of likely N-dealkylation sites (tertiary alicyclic amines) is 1. The summed E-state index contributed by atoms with van der Waals surface area (Å²) in [4.78, 5) is 7.02. The van der Waals surface area contributed by atoms with Crippen molar-refractivity contribution in [2.24, 2.45) is 18.4 Å². The highest BCUT2D eigenvalue weighted by molar-refractivity contribution is 5.44. The van der Waals surface area contributed by atoms with Gasteiger partial charge < -0.3 is 18.8 Å². The van der Waals surface area contributed by atoms with Gasteiger partial charge in [0.1, 0.15) is 17.1 Å². The van der Waals surface area contributed by atoms with Crippen LogP contribution in [0.2, 0.25) is 0 Å². The second-order valence-corrected chi connectivity index (χ2v) is 9.96. The van der Waals surface area contributed by atoms with E-state index in [-0.39, 0.29) is 17.1 Å². The zero-order valence-corrected chi connectivity index (χ0v) is 18.6. The average molecular weight is 412 g/mol. The highest BCUT2D eigenvalue weighted by Gasteiger charge is 2.52. The molecule has 162 valence electrons. The first kappa shape index (κ1) is 19.9. The third-order valence-electron chi connectivity index (χ3n) is 7.44. The summed E-state index contributed by atoms with van der Waals surface area (Å²) in [5, 5.41) is 0. The van der Waals surface area contributed by atoms with Gasteiger partial charge in [0.15, 0.2) is 0 Å². The zero-order chi connectivity index (χ0) is 20.9. The van der Waals surface area contributed by atoms with Crippen LogP contribution in [0.15, 0.2) is 30.7 Å². The molecular formula is C24H33N3O3. The zero-order valence-electron chi connectivity index (χ0n) is 18.6. The highest BCUT2D eigenvalue weighted by atomic mass is 16.5. The number of benzene rings is 1. The molecular weight excluding hydrogens is 378 g/mol. The molecule has 5 rings (SSSR count). The number of hydrogen-bond donors (Lipinski definition) is 0. The van der Waals surface area contributed by atoms with E-state index in [9.17, 15) is 0 Å². The number of ether oxygens (including phenoxy) is 3. The molecule has 0 bridgehead atoms. The minimum atomic E-state index is -0.261. The summed E-state index contributed by atoms with van der Waals surface area (Å²) in [5.41, 5.74) is 2.32. The van der Waals surface area contributed by atoms with E-state index in [1.807, 2.05) is 30.1 Å². The van der Waals surface area contributed by atoms with E-state index >= 15 is 0 Å². The summed E-state index contributed by atoms with van der Waals surface area (Å²) in [6.45, 7) is 8.41. The summed E-state index contributed by atoms with van der Waals surface area (Å²) < 4.78 is 20.5. The van der Waals surface area contributed by atoms with Crippen LogP contribution < -0.4 is 9.47 Å². The first-order valence-corrected chi connectivity index (χ1v) is 11.1. The van der Waals surface area contributed by atoms with Crippen LogP contribution in [-0.2, 0) is 18.3 Å². The fraction of sp³-hybridized carbons (Fsp3) is 0.625. The summed E-state index contributed by atoms with van der Waals surface area (Å²) in [5.74, 6) is 2.09. The van der Waals surface area contributed by atoms with Gasteiger partial charge in [-0.2, -0.15) is 0 Å². The Kier molecular flexibility index (Phi) is 4.82. The minimum absolute atomic E-state index is 0.104. The van der Waals surface area contributed by atoms with Crippen LogP contribution in [0.3, 0.4) is 0 Å². The van der Waals surface area contributed by atoms with Gasteiger partial charge in [-0.25, -0.2) is 4.98 Å². The van der Waals surface area contributed by atoms with Gasteiger partial charge in [-0.05, 0) is 63.7 Å². The smallest absolute Gasteiger partial charge is 0.129 e. The van der Waals surface area contributed by atoms with Crippen molar-refractivity contribution in [3.63, 3.8) is 0 Å². The summed E-state index contributed by atoms with van der Waals surface area (Å²) in [6, 6.07) is 6.13. The Labute approximate surface area is 179 Å². The first-order chi connectivity index (χ1) is 14.4. The van der Waals surface area contributed by atoms with E-state index in [0.717, 1.165) is 49.9 Å². The molecule has 6 heteroatoms. The Hall–Kier alpha value is -2.05. The number of aryl methyl sites for hydroxylation is 1. The van der Waals surface area contributed by atoms with Crippen molar-refractivity contribution in [1.29, 1.82) is 0 Å². The Morgan fingerprint density at radius 3 is 2.73 bits per heavy atom. The molecule has 0 aliphatic carbocycles. The molecule has 0 radical (unpaired) electrons. The molecule has 1 spiro atoms. The lowest BCUT2D eigenvalue weighted by Gasteiger charge is -2.54. The third-order valence-corrected chi connectivity index (χ3v) is 7.44. The number of hydrogen-bond acceptors (Lipinski definition) is 5. The van der Waals surface area contributed by atoms with E-state index in [2.05, 4.69) is 36.0 Å². The van der Waals surface area contributed by atoms with Gasteiger partial charge in [0, 0.05) is 37.3 Å². The van der Waals surface area contributed by atoms with Crippen LogP contribution in [0.25, 0.3) is 0 Å². The van der Waals surface area contributed by atoms with E-state index < -0.39 is 0 Å². The topological polar surface area (TPSA) is 48.8 Å². The van der Waals surface area contributed by atoms with Gasteiger partial charge in [0.05, 0.1) is 31.8 Å². The maximum absolute atomic E-state index is 6.61. The molecule has 0 unspecified atom stereocenters. The first-order valence-electron chi connectivity index (χ1n) is 11.1. The fourth-order valence-corrected chi connectivity index (χ4v) is 5.57. The normalized spacial score (nSPS) is 27.2. The highest BCUT2D eigenvalue weighted by Crippen LogP contribution is 2.55. The van der Waals surface area contributed by atoms with Crippen LogP contribution in [0.5, 0.6) is 11.5 Å². The number of piperidine rings is 1. The van der Waals surface area contributed by atoms with E-state index in [0.29, 0.717) is 5.92 Å². The predicted octanol–water partition coefficient (Wildman–Crippen LogP) is 3.96. The number of fused-ring (bicyclic) bond motifs is 3. The van der Waals surface area contributed by atoms with Gasteiger partial charge in [-0.15, -0.1) is 0 Å². The lowest BCUT2D eigenvalue weighted by molar-refractivity contribution is -0.174. The van der Waals surface area contributed by atoms with E-state index in [1.54, 1.807) is 7.11 Å². The molecule has 0 amide bonds. The SMILES string of the molecule is COc1ccc2c(c1)OC(C)(C)[C@H]1CC3(CCN(Cc4cn(C)cn4)CC3)CO[C@H]21. The van der Waals surface area contributed by atoms with Crippen LogP contribution >= 0.6 is 0 Å². The lowest BCUT2D eigenvalue weighted by Crippen LogP contribution is -2.54. The van der Waals surface area contributed by atoms with Crippen molar-refractivity contribution in [2.45, 2.75) is 51.4 Å². The Morgan fingerprint density at radius 1 is 1.23 bits per heavy atom. The van der Waals surface area contributed by atoms with Gasteiger partial charge in [0.2, 0.25) is 0 Å². The van der Waals surface area contributed by atoms with Crippen LogP contribution in [0.1, 0.15) is 50.5 Å². The molecule has 2 saturated heterocycles. The van der Waals surface area contributed by atoms with Crippen molar-refractivity contribution < 1.29 is 14.2 Å². The number of rotatable bonds is 3. The summed E-state index contributed by atoms with van der Waals surface area (Å²) in [7, 11) is 3.72. The average Bonchev–Trinajstić information content (AvgIpc) is 3.14. The van der Waals surface area contributed by atoms with Gasteiger partial charge in [-0.1, -0.05) is 0 Å². The van der Waals surface area contributed by atoms with Crippen molar-refractivity contribution in [3.05, 3.63) is 42.0 Å². The molecule has 6 nitrogen and oxygen atoms in total. The van der Waals surface area contributed by atoms with Gasteiger partial charge >= 0.3 is 0 Å². The minimum Gasteiger partial charge on any atom is -0.497 e. The summed E-state index contributed by atoms with van der Waals surface area (Å²) >= 11 is 0. The van der Waals surface area contributed by atoms with Crippen LogP contribution in [-0.4, -0.2) is 46.9 Å². The van der Waals surface area contributed by atoms with Crippen molar-refractivity contribution in [2.75, 3.05) is 26.8 Å². The molecule has 0 N–H and O–H groups in total. The maximum atomic E-state index is 6.61. The standard InChI is InChI=1S/C24H33N3O3/c1-23(2)20-12-24(7-9-27(10-8-24)14-17-13-26(3)16-25-17)15-29-22(20)19-6-5-18(28-4)11-21(19)30-23/h5-6,11,13,16,20,22H,7-10,12,14-15H2,1-4H3/t20-,22+/m0/s1. The molecule has 3 aliphatic rings. The largest absolute Gasteiger partial charge is 0.497 e. The van der Waals surface area contributed by atoms with Gasteiger partial charge in [0.25, 0.3) is 0 Å². The molecule has 2 atom stereocenters. The van der Waals surface area contributed by atoms with Crippen molar-refractivity contribution >= 4 is 0 Å². The monoisotopic (exact) mass is 411 g/mol. The van der Waals surface area contributed by atoms with Crippen molar-refractivity contribution in [3.8, 4) is 11.5 Å². The van der Waals surface area contributed by atoms with E-state index in [1.165, 1.54) is 18.4 Å². The maximum Gasteiger partial charge on any atom is 0.129 e. The second kappa shape index (κ2) is 7.27. The molecule has 3 aliphatic heterocycles. The quantitative estimate of drug-likeness (QED) is 0.765. The third kappa shape index (κ3) is 3.50. The van der Waals surface area contributed by atoms with Crippen LogP contribution in [0, 0.1) is 11.3 Å². The number of nitrogens with zero attached hydrogens (tertiary/aromatic N) is 3. The van der Waals surface area contributed by atoms with Gasteiger partial charge in [-0.3, -0.25) is 4.90 Å². The van der Waals surface area contributed by atoms with Crippen molar-refractivity contribution in [1.82, 2.24) is 14.5 Å². The van der Waals surface area contributed by atoms with Crippen LogP contribution in [0.4, 0.5) is 0 Å². The second-order valence-electron chi connectivity index (χ2n) is 9.96. The molecule has 0 saturated carbocycles. The number of imidazole rings is 1. The predicted molar refractivity (Wildman–Crippen MR) is 115 cm³/mol. The molecule has 2 aromatic rings. The molecule has 2 fully saturated rings. The Balaban J connectivity index is 1.30. The molecule has 1 aromatic carbocycles. The summed E-state index contributed by atoms with van der Waals surface area (Å²) in [6.07, 6.45) is 7.62. The molecule has 1 aromatic heterocycles. The number of methoxy groups -OCH3 is 1. The number of aromatic nitrogens is 2. The lowest BCUT2D eigenvalue weighted by atomic mass is 9.64. The Bertz CT molecular complexity index is 914. The molecule has 4 heterocycles. The fourth-order valence-electron chi connectivity index (χ4n) is 5.57. The van der Waals surface area contributed by atoms with E-state index in [4.69, 9.17) is 14.2 Å².